The van der Waals surface area contributed by atoms with E-state index in [0.717, 1.165) is 5.56 Å². The van der Waals surface area contributed by atoms with Gasteiger partial charge in [0.05, 0.1) is 11.4 Å². The van der Waals surface area contributed by atoms with Crippen molar-refractivity contribution >= 4 is 15.8 Å². The molecule has 0 atom stereocenters. The molecule has 0 radical (unpaired) electrons. The van der Waals surface area contributed by atoms with Crippen molar-refractivity contribution in [2.75, 3.05) is 6.54 Å². The maximum Gasteiger partial charge on any atom is 0.133 e. The lowest BCUT2D eigenvalue weighted by atomic mass is 10.2. The van der Waals surface area contributed by atoms with Crippen LogP contribution in [-0.4, -0.2) is 19.5 Å². The van der Waals surface area contributed by atoms with Gasteiger partial charge < -0.3 is 9.87 Å². The van der Waals surface area contributed by atoms with Gasteiger partial charge in [0.2, 0.25) is 0 Å². The highest BCUT2D eigenvalue weighted by atomic mass is 32.2. The molecule has 2 aromatic carbocycles. The van der Waals surface area contributed by atoms with Gasteiger partial charge in [-0.2, -0.15) is 0 Å². The van der Waals surface area contributed by atoms with Crippen molar-refractivity contribution in [3.05, 3.63) is 59.7 Å². The molecule has 1 aliphatic heterocycles. The molecule has 4 nitrogen and oxygen atoms in total. The third-order valence-electron chi connectivity index (χ3n) is 3.14. The zero-order valence-corrected chi connectivity index (χ0v) is 12.1. The van der Waals surface area contributed by atoms with Crippen LogP contribution in [0.1, 0.15) is 11.1 Å². The zero-order valence-electron chi connectivity index (χ0n) is 11.2. The second-order valence-corrected chi connectivity index (χ2v) is 6.09. The number of fused-ring (bicyclic) bond motifs is 1. The summed E-state index contributed by atoms with van der Waals surface area (Å²) in [5.74, 6) is 0. The molecule has 2 N–H and O–H groups in total. The summed E-state index contributed by atoms with van der Waals surface area (Å²) in [7, 11) is -4.27. The lowest BCUT2D eigenvalue weighted by Crippen LogP contribution is -2.75. The Bertz CT molecular complexity index is 656. The minimum Gasteiger partial charge on any atom is -0.744 e. The molecule has 0 bridgehead atoms. The molecule has 0 fully saturated rings. The molecule has 0 saturated carbocycles. The summed E-state index contributed by atoms with van der Waals surface area (Å²) in [4.78, 5) is -0.178. The van der Waals surface area contributed by atoms with Gasteiger partial charge in [0, 0.05) is 12.0 Å². The number of hydrogen-bond acceptors (Lipinski definition) is 3. The predicted octanol–water partition coefficient (Wildman–Crippen LogP) is 1.34. The zero-order chi connectivity index (χ0) is 14.6. The quantitative estimate of drug-likeness (QED) is 0.636. The fourth-order valence-electron chi connectivity index (χ4n) is 2.05. The van der Waals surface area contributed by atoms with Crippen LogP contribution in [-0.2, 0) is 16.5 Å². The smallest absolute Gasteiger partial charge is 0.133 e. The van der Waals surface area contributed by atoms with Crippen LogP contribution < -0.4 is 5.32 Å². The topological polar surface area (TPSA) is 73.8 Å². The van der Waals surface area contributed by atoms with Crippen LogP contribution in [0.15, 0.2) is 53.4 Å². The second kappa shape index (κ2) is 6.17. The molecule has 5 heteroatoms. The van der Waals surface area contributed by atoms with Crippen LogP contribution in [0.3, 0.4) is 0 Å². The van der Waals surface area contributed by atoms with Gasteiger partial charge in [-0.3, -0.25) is 0 Å². The van der Waals surface area contributed by atoms with Crippen molar-refractivity contribution in [2.45, 2.75) is 18.2 Å². The van der Waals surface area contributed by atoms with Crippen LogP contribution in [0.2, 0.25) is 0 Å². The Kier molecular flexibility index (Phi) is 4.54. The Morgan fingerprint density at radius 2 is 1.70 bits per heavy atom. The number of aryl methyl sites for hydroxylation is 1. The van der Waals surface area contributed by atoms with Crippen molar-refractivity contribution in [1.29, 1.82) is 0 Å². The predicted molar refractivity (Wildman–Crippen MR) is 75.7 cm³/mol. The largest absolute Gasteiger partial charge is 0.744 e. The molecule has 0 aromatic heterocycles. The Hall–Kier alpha value is -1.69. The molecule has 1 heterocycles. The van der Waals surface area contributed by atoms with Crippen molar-refractivity contribution in [1.82, 2.24) is 0 Å². The first-order valence-corrected chi connectivity index (χ1v) is 7.81. The first-order valence-electron chi connectivity index (χ1n) is 6.40. The van der Waals surface area contributed by atoms with Gasteiger partial charge in [0.1, 0.15) is 15.8 Å². The van der Waals surface area contributed by atoms with Crippen LogP contribution in [0.5, 0.6) is 0 Å². The summed E-state index contributed by atoms with van der Waals surface area (Å²) < 4.78 is 31.2. The van der Waals surface area contributed by atoms with E-state index in [-0.39, 0.29) is 4.90 Å². The van der Waals surface area contributed by atoms with Gasteiger partial charge in [-0.1, -0.05) is 35.9 Å². The van der Waals surface area contributed by atoms with E-state index < -0.39 is 10.1 Å². The van der Waals surface area contributed by atoms with Crippen LogP contribution >= 0.6 is 0 Å². The highest BCUT2D eigenvalue weighted by molar-refractivity contribution is 7.85. The normalized spacial score (nSPS) is 13.3. The molecule has 1 aliphatic rings. The van der Waals surface area contributed by atoms with Crippen molar-refractivity contribution < 1.29 is 18.3 Å². The number of rotatable bonds is 1. The van der Waals surface area contributed by atoms with Gasteiger partial charge in [0.25, 0.3) is 0 Å². The van der Waals surface area contributed by atoms with E-state index in [0.29, 0.717) is 0 Å². The molecular formula is C15H17NO3S. The highest BCUT2D eigenvalue weighted by Crippen LogP contribution is 2.12. The van der Waals surface area contributed by atoms with E-state index in [2.05, 4.69) is 29.6 Å². The van der Waals surface area contributed by atoms with Gasteiger partial charge in [-0.25, -0.2) is 8.42 Å². The molecule has 20 heavy (non-hydrogen) atoms. The first kappa shape index (κ1) is 14.7. The van der Waals surface area contributed by atoms with Gasteiger partial charge in [-0.05, 0) is 25.1 Å². The number of nitrogens with two attached hydrogens (primary N) is 1. The van der Waals surface area contributed by atoms with Gasteiger partial charge in [-0.15, -0.1) is 0 Å². The number of para-hydroxylation sites is 1. The van der Waals surface area contributed by atoms with E-state index in [4.69, 9.17) is 0 Å². The lowest BCUT2D eigenvalue weighted by Gasteiger charge is -2.05. The van der Waals surface area contributed by atoms with Crippen LogP contribution in [0, 0.1) is 6.92 Å². The van der Waals surface area contributed by atoms with Crippen molar-refractivity contribution in [3.63, 3.8) is 0 Å². The SMILES string of the molecule is Cc1ccc(S(=O)(=O)[O-])cc1.c1ccc2c(c1)CC[NH2+]2. The third-order valence-corrected chi connectivity index (χ3v) is 3.99. The minimum atomic E-state index is -4.27. The Balaban J connectivity index is 0.000000149. The van der Waals surface area contributed by atoms with Crippen LogP contribution in [0.25, 0.3) is 0 Å². The van der Waals surface area contributed by atoms with Crippen molar-refractivity contribution in [3.8, 4) is 0 Å². The molecule has 0 unspecified atom stereocenters. The summed E-state index contributed by atoms with van der Waals surface area (Å²) in [6.45, 7) is 3.06. The van der Waals surface area contributed by atoms with E-state index in [9.17, 15) is 13.0 Å². The average molecular weight is 291 g/mol. The summed E-state index contributed by atoms with van der Waals surface area (Å²) in [5.41, 5.74) is 3.88. The third kappa shape index (κ3) is 3.90. The van der Waals surface area contributed by atoms with Crippen molar-refractivity contribution in [2.24, 2.45) is 0 Å². The maximum absolute atomic E-state index is 10.4. The fourth-order valence-corrected chi connectivity index (χ4v) is 2.52. The highest BCUT2D eigenvalue weighted by Gasteiger charge is 2.11. The summed E-state index contributed by atoms with van der Waals surface area (Å²) >= 11 is 0. The maximum atomic E-state index is 10.4. The molecular weight excluding hydrogens is 274 g/mol. The molecule has 106 valence electrons. The molecule has 0 spiro atoms. The number of quaternary nitrogens is 1. The van der Waals surface area contributed by atoms with Crippen LogP contribution in [0.4, 0.5) is 5.69 Å². The lowest BCUT2D eigenvalue weighted by molar-refractivity contribution is -0.561. The standard InChI is InChI=1S/C8H9N.C7H8O3S/c1-2-4-8-7(3-1)5-6-9-8;1-6-2-4-7(5-3-6)11(8,9)10/h1-4,9H,5-6H2;2-5H,1H3,(H,8,9,10). The molecule has 0 amide bonds. The van der Waals surface area contributed by atoms with E-state index in [1.807, 2.05) is 6.92 Å². The average Bonchev–Trinajstić information content (AvgIpc) is 2.87. The van der Waals surface area contributed by atoms with Gasteiger partial charge in [0.15, 0.2) is 0 Å². The molecule has 2 aromatic rings. The second-order valence-electron chi connectivity index (χ2n) is 4.71. The van der Waals surface area contributed by atoms with E-state index in [1.54, 1.807) is 12.1 Å². The monoisotopic (exact) mass is 291 g/mol. The molecule has 3 rings (SSSR count). The Morgan fingerprint density at radius 1 is 1.05 bits per heavy atom. The van der Waals surface area contributed by atoms with E-state index in [1.165, 1.54) is 36.3 Å². The summed E-state index contributed by atoms with van der Waals surface area (Å²) in [5, 5.41) is 2.30. The minimum absolute atomic E-state index is 0.178. The molecule has 0 aliphatic carbocycles. The summed E-state index contributed by atoms with van der Waals surface area (Å²) in [6.07, 6.45) is 1.25. The van der Waals surface area contributed by atoms with E-state index >= 15 is 0 Å². The molecule has 0 saturated heterocycles. The number of benzene rings is 2. The fraction of sp³-hybridized carbons (Fsp3) is 0.200. The number of hydrogen-bond donors (Lipinski definition) is 1. The summed E-state index contributed by atoms with van der Waals surface area (Å²) in [6, 6.07) is 14.4. The Morgan fingerprint density at radius 3 is 2.30 bits per heavy atom. The Labute approximate surface area is 119 Å². The van der Waals surface area contributed by atoms with Gasteiger partial charge >= 0.3 is 0 Å². The first-order chi connectivity index (χ1) is 9.47.